The minimum absolute atomic E-state index is 0. The van der Waals surface area contributed by atoms with Gasteiger partial charge in [-0.3, -0.25) is 0 Å². The van der Waals surface area contributed by atoms with Crippen molar-refractivity contribution in [1.82, 2.24) is 0 Å². The van der Waals surface area contributed by atoms with E-state index in [0.29, 0.717) is 0 Å². The number of halogens is 1. The molecule has 0 unspecified atom stereocenters. The second-order valence-electron chi connectivity index (χ2n) is 2.36. The monoisotopic (exact) mass is 264 g/mol. The lowest BCUT2D eigenvalue weighted by atomic mass is 10.2. The first-order chi connectivity index (χ1) is 4.81. The van der Waals surface area contributed by atoms with E-state index in [1.807, 2.05) is 18.2 Å². The Balaban J connectivity index is 0. The molecule has 1 aromatic carbocycles. The molecule has 0 bridgehead atoms. The summed E-state index contributed by atoms with van der Waals surface area (Å²) in [6, 6.07) is 10.3. The molecule has 0 saturated carbocycles. The molecular weight excluding hydrogens is 247 g/mol. The quantitative estimate of drug-likeness (QED) is 0.620. The third kappa shape index (κ3) is 9.95. The van der Waals surface area contributed by atoms with Gasteiger partial charge in [-0.1, -0.05) is 56.2 Å². The van der Waals surface area contributed by atoms with Crippen molar-refractivity contribution < 1.29 is 0 Å². The molecule has 1 rings (SSSR count). The minimum Gasteiger partial charge on any atom is -0.107 e. The number of hydrogen-bond acceptors (Lipinski definition) is 0. The summed E-state index contributed by atoms with van der Waals surface area (Å²) in [4.78, 5) is 0. The van der Waals surface area contributed by atoms with Crippen molar-refractivity contribution in [3.8, 4) is 0 Å². The van der Waals surface area contributed by atoms with Gasteiger partial charge in [-0.05, 0) is 6.92 Å². The number of hydrogen-bond donors (Lipinski definition) is 0. The Morgan fingerprint density at radius 1 is 1.00 bits per heavy atom. The Hall–Kier alpha value is -0.0500. The van der Waals surface area contributed by atoms with Crippen LogP contribution < -0.4 is 0 Å². The normalized spacial score (nSPS) is 7.18. The van der Waals surface area contributed by atoms with E-state index in [1.165, 1.54) is 12.0 Å². The van der Waals surface area contributed by atoms with Crippen molar-refractivity contribution in [2.75, 3.05) is 0 Å². The maximum atomic E-state index is 2.12. The lowest BCUT2D eigenvalue weighted by Crippen LogP contribution is -1.62. The molecule has 0 aliphatic heterocycles. The fourth-order valence-corrected chi connectivity index (χ4v) is 0.534. The van der Waals surface area contributed by atoms with Crippen molar-refractivity contribution in [3.63, 3.8) is 0 Å². The van der Waals surface area contributed by atoms with Crippen molar-refractivity contribution in [1.29, 1.82) is 0 Å². The lowest BCUT2D eigenvalue weighted by molar-refractivity contribution is 1.09. The molecule has 0 spiro atoms. The third-order valence-corrected chi connectivity index (χ3v) is 0.940. The molecule has 0 fully saturated rings. The first-order valence-electron chi connectivity index (χ1n) is 3.82. The molecule has 64 valence electrons. The van der Waals surface area contributed by atoms with E-state index < -0.39 is 0 Å². The SMILES string of the molecule is CCC.Cc1ccccc1.I. The smallest absolute Gasteiger partial charge is 0.0398 e. The predicted molar refractivity (Wildman–Crippen MR) is 62.6 cm³/mol. The largest absolute Gasteiger partial charge is 0.107 e. The van der Waals surface area contributed by atoms with Crippen LogP contribution in [0.15, 0.2) is 30.3 Å². The average Bonchev–Trinajstić information content (AvgIpc) is 1.91. The topological polar surface area (TPSA) is 0 Å². The number of rotatable bonds is 0. The van der Waals surface area contributed by atoms with Gasteiger partial charge in [0.1, 0.15) is 0 Å². The van der Waals surface area contributed by atoms with Gasteiger partial charge in [0, 0.05) is 0 Å². The Kier molecular flexibility index (Phi) is 12.2. The fraction of sp³-hybridized carbons (Fsp3) is 0.400. The molecule has 0 atom stereocenters. The molecular formula is C10H17I. The van der Waals surface area contributed by atoms with Crippen LogP contribution in [0.4, 0.5) is 0 Å². The van der Waals surface area contributed by atoms with Gasteiger partial charge in [-0.25, -0.2) is 0 Å². The zero-order valence-corrected chi connectivity index (χ0v) is 9.83. The van der Waals surface area contributed by atoms with Crippen molar-refractivity contribution in [2.45, 2.75) is 27.2 Å². The Morgan fingerprint density at radius 3 is 1.55 bits per heavy atom. The maximum Gasteiger partial charge on any atom is -0.0398 e. The zero-order valence-electron chi connectivity index (χ0n) is 7.50. The van der Waals surface area contributed by atoms with E-state index in [-0.39, 0.29) is 24.0 Å². The number of benzene rings is 1. The number of aryl methyl sites for hydroxylation is 1. The second-order valence-corrected chi connectivity index (χ2v) is 2.36. The van der Waals surface area contributed by atoms with Crippen molar-refractivity contribution in [3.05, 3.63) is 35.9 Å². The second kappa shape index (κ2) is 9.95. The van der Waals surface area contributed by atoms with Gasteiger partial charge in [-0.2, -0.15) is 0 Å². The van der Waals surface area contributed by atoms with Crippen LogP contribution in [0.25, 0.3) is 0 Å². The van der Waals surface area contributed by atoms with Gasteiger partial charge in [0.25, 0.3) is 0 Å². The highest BCUT2D eigenvalue weighted by atomic mass is 127. The van der Waals surface area contributed by atoms with E-state index in [1.54, 1.807) is 0 Å². The van der Waals surface area contributed by atoms with Crippen LogP contribution in [-0.4, -0.2) is 0 Å². The van der Waals surface area contributed by atoms with E-state index in [2.05, 4.69) is 32.9 Å². The standard InChI is InChI=1S/C7H8.C3H8.HI/c1-7-5-3-2-4-6-7;1-3-2;/h2-6H,1H3;3H2,1-2H3;1H. The van der Waals surface area contributed by atoms with E-state index >= 15 is 0 Å². The van der Waals surface area contributed by atoms with Crippen LogP contribution in [0.5, 0.6) is 0 Å². The summed E-state index contributed by atoms with van der Waals surface area (Å²) in [6.45, 7) is 6.33. The third-order valence-electron chi connectivity index (χ3n) is 0.940. The van der Waals surface area contributed by atoms with Crippen LogP contribution in [0, 0.1) is 6.92 Å². The van der Waals surface area contributed by atoms with Crippen LogP contribution in [0.3, 0.4) is 0 Å². The summed E-state index contributed by atoms with van der Waals surface area (Å²) < 4.78 is 0. The van der Waals surface area contributed by atoms with Gasteiger partial charge in [0.05, 0.1) is 0 Å². The molecule has 1 aromatic rings. The summed E-state index contributed by atoms with van der Waals surface area (Å²) in [5, 5.41) is 0. The van der Waals surface area contributed by atoms with Crippen LogP contribution in [-0.2, 0) is 0 Å². The molecule has 0 saturated heterocycles. The molecule has 0 amide bonds. The van der Waals surface area contributed by atoms with E-state index in [4.69, 9.17) is 0 Å². The van der Waals surface area contributed by atoms with Gasteiger partial charge in [0.2, 0.25) is 0 Å². The first kappa shape index (κ1) is 13.5. The molecule has 0 N–H and O–H groups in total. The molecule has 0 aliphatic carbocycles. The Labute approximate surface area is 87.0 Å². The summed E-state index contributed by atoms with van der Waals surface area (Å²) in [6.07, 6.45) is 1.25. The highest BCUT2D eigenvalue weighted by molar-refractivity contribution is 14.0. The van der Waals surface area contributed by atoms with E-state index in [9.17, 15) is 0 Å². The summed E-state index contributed by atoms with van der Waals surface area (Å²) >= 11 is 0. The average molecular weight is 264 g/mol. The predicted octanol–water partition coefficient (Wildman–Crippen LogP) is 4.03. The Morgan fingerprint density at radius 2 is 1.36 bits per heavy atom. The zero-order chi connectivity index (χ0) is 7.82. The fourth-order valence-electron chi connectivity index (χ4n) is 0.534. The molecule has 0 nitrogen and oxygen atoms in total. The molecule has 0 heterocycles. The van der Waals surface area contributed by atoms with Gasteiger partial charge in [0.15, 0.2) is 0 Å². The summed E-state index contributed by atoms with van der Waals surface area (Å²) in [7, 11) is 0. The van der Waals surface area contributed by atoms with Gasteiger partial charge in [-0.15, -0.1) is 24.0 Å². The van der Waals surface area contributed by atoms with Crippen molar-refractivity contribution >= 4 is 24.0 Å². The molecule has 0 aliphatic rings. The first-order valence-corrected chi connectivity index (χ1v) is 3.82. The van der Waals surface area contributed by atoms with Gasteiger partial charge < -0.3 is 0 Å². The maximum absolute atomic E-state index is 2.12. The van der Waals surface area contributed by atoms with Crippen LogP contribution in [0.2, 0.25) is 0 Å². The summed E-state index contributed by atoms with van der Waals surface area (Å²) in [5.41, 5.74) is 1.32. The molecule has 0 radical (unpaired) electrons. The van der Waals surface area contributed by atoms with E-state index in [0.717, 1.165) is 0 Å². The molecule has 0 aromatic heterocycles. The Bertz CT molecular complexity index is 146. The van der Waals surface area contributed by atoms with Crippen molar-refractivity contribution in [2.24, 2.45) is 0 Å². The lowest BCUT2D eigenvalue weighted by Gasteiger charge is -1.82. The van der Waals surface area contributed by atoms with Crippen LogP contribution >= 0.6 is 24.0 Å². The van der Waals surface area contributed by atoms with Gasteiger partial charge >= 0.3 is 0 Å². The minimum atomic E-state index is 0. The highest BCUT2D eigenvalue weighted by Gasteiger charge is 1.72. The van der Waals surface area contributed by atoms with Crippen LogP contribution in [0.1, 0.15) is 25.8 Å². The molecule has 11 heavy (non-hydrogen) atoms. The summed E-state index contributed by atoms with van der Waals surface area (Å²) in [5.74, 6) is 0. The highest BCUT2D eigenvalue weighted by Crippen LogP contribution is 1.92. The molecule has 1 heteroatoms.